The SMILES string of the molecule is O=C(O)CCNCCC(O)c1ccc(Cl)c(Cl)c1. The molecule has 0 saturated carbocycles. The molecular formula is C12H15Cl2NO3. The lowest BCUT2D eigenvalue weighted by molar-refractivity contribution is -0.136. The number of hydrogen-bond donors (Lipinski definition) is 3. The monoisotopic (exact) mass is 291 g/mol. The van der Waals surface area contributed by atoms with Crippen molar-refractivity contribution in [3.63, 3.8) is 0 Å². The summed E-state index contributed by atoms with van der Waals surface area (Å²) in [5.74, 6) is -0.840. The summed E-state index contributed by atoms with van der Waals surface area (Å²) in [7, 11) is 0. The van der Waals surface area contributed by atoms with E-state index in [9.17, 15) is 9.90 Å². The number of nitrogens with one attached hydrogen (secondary N) is 1. The lowest BCUT2D eigenvalue weighted by Crippen LogP contribution is -2.20. The molecule has 0 fully saturated rings. The van der Waals surface area contributed by atoms with Crippen molar-refractivity contribution in [1.29, 1.82) is 0 Å². The number of halogens is 2. The summed E-state index contributed by atoms with van der Waals surface area (Å²) >= 11 is 11.6. The third-order valence-corrected chi connectivity index (χ3v) is 3.18. The predicted molar refractivity (Wildman–Crippen MR) is 71.2 cm³/mol. The van der Waals surface area contributed by atoms with Gasteiger partial charge in [-0.2, -0.15) is 0 Å². The normalized spacial score (nSPS) is 12.4. The van der Waals surface area contributed by atoms with Crippen LogP contribution in [0.1, 0.15) is 24.5 Å². The smallest absolute Gasteiger partial charge is 0.304 e. The van der Waals surface area contributed by atoms with Crippen LogP contribution in [0, 0.1) is 0 Å². The Bertz CT molecular complexity index is 412. The molecule has 0 aromatic heterocycles. The number of hydrogen-bond acceptors (Lipinski definition) is 3. The van der Waals surface area contributed by atoms with Crippen LogP contribution >= 0.6 is 23.2 Å². The summed E-state index contributed by atoms with van der Waals surface area (Å²) in [6.45, 7) is 0.929. The third kappa shape index (κ3) is 5.23. The average molecular weight is 292 g/mol. The largest absolute Gasteiger partial charge is 0.481 e. The maximum Gasteiger partial charge on any atom is 0.304 e. The second-order valence-electron chi connectivity index (χ2n) is 3.87. The molecule has 0 radical (unpaired) electrons. The molecule has 1 rings (SSSR count). The van der Waals surface area contributed by atoms with Gasteiger partial charge in [-0.05, 0) is 30.7 Å². The summed E-state index contributed by atoms with van der Waals surface area (Å²) < 4.78 is 0. The molecule has 0 amide bonds. The van der Waals surface area contributed by atoms with Crippen molar-refractivity contribution in [1.82, 2.24) is 5.32 Å². The highest BCUT2D eigenvalue weighted by Gasteiger charge is 2.09. The summed E-state index contributed by atoms with van der Waals surface area (Å²) in [4.78, 5) is 10.3. The van der Waals surface area contributed by atoms with Gasteiger partial charge in [-0.1, -0.05) is 29.3 Å². The highest BCUT2D eigenvalue weighted by atomic mass is 35.5. The second kappa shape index (κ2) is 7.59. The zero-order valence-electron chi connectivity index (χ0n) is 9.70. The zero-order valence-corrected chi connectivity index (χ0v) is 11.2. The Morgan fingerprint density at radius 2 is 2.00 bits per heavy atom. The van der Waals surface area contributed by atoms with E-state index in [1.165, 1.54) is 0 Å². The number of benzene rings is 1. The van der Waals surface area contributed by atoms with Crippen molar-refractivity contribution in [3.8, 4) is 0 Å². The first-order chi connectivity index (χ1) is 8.50. The van der Waals surface area contributed by atoms with Crippen molar-refractivity contribution >= 4 is 29.2 Å². The summed E-state index contributed by atoms with van der Waals surface area (Å²) in [6.07, 6.45) is -0.0856. The molecule has 0 heterocycles. The van der Waals surface area contributed by atoms with Crippen molar-refractivity contribution in [3.05, 3.63) is 33.8 Å². The number of carboxylic acid groups (broad SMARTS) is 1. The van der Waals surface area contributed by atoms with Gasteiger partial charge in [-0.25, -0.2) is 0 Å². The number of rotatable bonds is 7. The minimum Gasteiger partial charge on any atom is -0.481 e. The van der Waals surface area contributed by atoms with Crippen LogP contribution < -0.4 is 5.32 Å². The van der Waals surface area contributed by atoms with Crippen molar-refractivity contribution in [2.45, 2.75) is 18.9 Å². The number of aliphatic hydroxyl groups is 1. The van der Waals surface area contributed by atoms with Crippen molar-refractivity contribution in [2.24, 2.45) is 0 Å². The summed E-state index contributed by atoms with van der Waals surface area (Å²) in [6, 6.07) is 4.99. The van der Waals surface area contributed by atoms with Crippen LogP contribution in [0.15, 0.2) is 18.2 Å². The van der Waals surface area contributed by atoms with Crippen LogP contribution in [0.25, 0.3) is 0 Å². The van der Waals surface area contributed by atoms with E-state index < -0.39 is 12.1 Å². The zero-order chi connectivity index (χ0) is 13.5. The molecule has 1 aromatic carbocycles. The van der Waals surface area contributed by atoms with Gasteiger partial charge in [0.05, 0.1) is 22.6 Å². The molecule has 0 aliphatic rings. The number of carboxylic acids is 1. The number of aliphatic hydroxyl groups excluding tert-OH is 1. The molecular weight excluding hydrogens is 277 g/mol. The third-order valence-electron chi connectivity index (χ3n) is 2.44. The Morgan fingerprint density at radius 1 is 1.28 bits per heavy atom. The number of aliphatic carboxylic acids is 1. The molecule has 1 aromatic rings. The fourth-order valence-electron chi connectivity index (χ4n) is 1.45. The highest BCUT2D eigenvalue weighted by Crippen LogP contribution is 2.26. The molecule has 1 atom stereocenters. The van der Waals surface area contributed by atoms with Gasteiger partial charge in [0.2, 0.25) is 0 Å². The fraction of sp³-hybridized carbons (Fsp3) is 0.417. The average Bonchev–Trinajstić information content (AvgIpc) is 2.31. The van der Waals surface area contributed by atoms with E-state index in [0.717, 1.165) is 0 Å². The molecule has 100 valence electrons. The predicted octanol–water partition coefficient (Wildman–Crippen LogP) is 2.48. The van der Waals surface area contributed by atoms with Gasteiger partial charge in [0.15, 0.2) is 0 Å². The highest BCUT2D eigenvalue weighted by molar-refractivity contribution is 6.42. The van der Waals surface area contributed by atoms with Crippen LogP contribution in [-0.2, 0) is 4.79 Å². The van der Waals surface area contributed by atoms with Crippen LogP contribution in [0.3, 0.4) is 0 Å². The molecule has 0 aliphatic heterocycles. The molecule has 4 nitrogen and oxygen atoms in total. The van der Waals surface area contributed by atoms with Gasteiger partial charge in [0.25, 0.3) is 0 Å². The van der Waals surface area contributed by atoms with Gasteiger partial charge in [0, 0.05) is 6.54 Å². The Labute approximate surface area is 116 Å². The fourth-order valence-corrected chi connectivity index (χ4v) is 1.75. The minimum atomic E-state index is -0.840. The first-order valence-electron chi connectivity index (χ1n) is 5.56. The van der Waals surface area contributed by atoms with Gasteiger partial charge in [-0.3, -0.25) is 4.79 Å². The molecule has 1 unspecified atom stereocenters. The topological polar surface area (TPSA) is 69.6 Å². The standard InChI is InChI=1S/C12H15Cl2NO3/c13-9-2-1-8(7-10(9)14)11(16)3-5-15-6-4-12(17)18/h1-2,7,11,15-16H,3-6H2,(H,17,18). The molecule has 0 saturated heterocycles. The second-order valence-corrected chi connectivity index (χ2v) is 4.69. The van der Waals surface area contributed by atoms with Gasteiger partial charge in [-0.15, -0.1) is 0 Å². The molecule has 3 N–H and O–H groups in total. The minimum absolute atomic E-state index is 0.0723. The van der Waals surface area contributed by atoms with E-state index in [2.05, 4.69) is 5.32 Å². The van der Waals surface area contributed by atoms with Gasteiger partial charge in [0.1, 0.15) is 0 Å². The van der Waals surface area contributed by atoms with Crippen LogP contribution in [-0.4, -0.2) is 29.3 Å². The van der Waals surface area contributed by atoms with Crippen LogP contribution in [0.5, 0.6) is 0 Å². The van der Waals surface area contributed by atoms with Gasteiger partial charge < -0.3 is 15.5 Å². The van der Waals surface area contributed by atoms with E-state index >= 15 is 0 Å². The number of carbonyl (C=O) groups is 1. The first kappa shape index (κ1) is 15.2. The maximum atomic E-state index is 10.3. The van der Waals surface area contributed by atoms with Crippen LogP contribution in [0.2, 0.25) is 10.0 Å². The Hall–Kier alpha value is -0.810. The Balaban J connectivity index is 2.34. The first-order valence-corrected chi connectivity index (χ1v) is 6.32. The quantitative estimate of drug-likeness (QED) is 0.675. The van der Waals surface area contributed by atoms with E-state index in [4.69, 9.17) is 28.3 Å². The molecule has 6 heteroatoms. The van der Waals surface area contributed by atoms with Crippen LogP contribution in [0.4, 0.5) is 0 Å². The Morgan fingerprint density at radius 3 is 2.61 bits per heavy atom. The lowest BCUT2D eigenvalue weighted by Gasteiger charge is -2.12. The molecule has 0 bridgehead atoms. The van der Waals surface area contributed by atoms with Gasteiger partial charge >= 0.3 is 5.97 Å². The van der Waals surface area contributed by atoms with E-state index in [-0.39, 0.29) is 6.42 Å². The maximum absolute atomic E-state index is 10.3. The summed E-state index contributed by atoms with van der Waals surface area (Å²) in [5.41, 5.74) is 0.699. The molecule has 0 spiro atoms. The lowest BCUT2D eigenvalue weighted by atomic mass is 10.1. The van der Waals surface area contributed by atoms with E-state index in [1.807, 2.05) is 0 Å². The Kier molecular flexibility index (Phi) is 6.43. The molecule has 0 aliphatic carbocycles. The van der Waals surface area contributed by atoms with E-state index in [1.54, 1.807) is 18.2 Å². The summed E-state index contributed by atoms with van der Waals surface area (Å²) in [5, 5.41) is 22.1. The molecule has 18 heavy (non-hydrogen) atoms. The van der Waals surface area contributed by atoms with Crippen molar-refractivity contribution < 1.29 is 15.0 Å². The van der Waals surface area contributed by atoms with E-state index in [0.29, 0.717) is 35.1 Å². The van der Waals surface area contributed by atoms with Crippen molar-refractivity contribution in [2.75, 3.05) is 13.1 Å².